The van der Waals surface area contributed by atoms with E-state index in [1.165, 1.54) is 15.0 Å². The summed E-state index contributed by atoms with van der Waals surface area (Å²) in [5.41, 5.74) is 0.963. The first-order chi connectivity index (χ1) is 9.90. The average Bonchev–Trinajstić information content (AvgIpc) is 3.16. The van der Waals surface area contributed by atoms with Gasteiger partial charge in [0, 0.05) is 23.3 Å². The molecule has 1 aromatic carbocycles. The van der Waals surface area contributed by atoms with Crippen LogP contribution in [-0.2, 0) is 0 Å². The van der Waals surface area contributed by atoms with Crippen molar-refractivity contribution < 1.29 is 0 Å². The second-order valence-electron chi connectivity index (χ2n) is 4.48. The molecule has 4 aromatic rings. The van der Waals surface area contributed by atoms with Gasteiger partial charge in [0.25, 0.3) is 0 Å². The number of benzene rings is 1. The summed E-state index contributed by atoms with van der Waals surface area (Å²) in [6.07, 6.45) is 5.70. The number of nitrogens with zero attached hydrogens (tertiary/aromatic N) is 3. The molecule has 0 saturated heterocycles. The van der Waals surface area contributed by atoms with E-state index in [0.717, 1.165) is 5.69 Å². The minimum Gasteiger partial charge on any atom is -0.293 e. The molecule has 0 aliphatic carbocycles. The summed E-state index contributed by atoms with van der Waals surface area (Å²) in [4.78, 5) is 10.1. The molecule has 4 heteroatoms. The van der Waals surface area contributed by atoms with Crippen molar-refractivity contribution in [2.24, 2.45) is 0 Å². The Morgan fingerprint density at radius 2 is 1.80 bits per heavy atom. The van der Waals surface area contributed by atoms with Crippen molar-refractivity contribution in [2.75, 3.05) is 0 Å². The van der Waals surface area contributed by atoms with Gasteiger partial charge < -0.3 is 0 Å². The molecule has 0 atom stereocenters. The molecule has 4 rings (SSSR count). The molecular weight excluding hydrogens is 266 g/mol. The summed E-state index contributed by atoms with van der Waals surface area (Å²) >= 11 is 1.76. The lowest BCUT2D eigenvalue weighted by Crippen LogP contribution is -1.98. The average molecular weight is 277 g/mol. The Hall–Kier alpha value is -2.46. The fourth-order valence-corrected chi connectivity index (χ4v) is 3.22. The van der Waals surface area contributed by atoms with Gasteiger partial charge in [0.15, 0.2) is 0 Å². The Balaban J connectivity index is 1.84. The summed E-state index contributed by atoms with van der Waals surface area (Å²) in [6, 6.07) is 16.5. The number of rotatable bonds is 2. The van der Waals surface area contributed by atoms with Gasteiger partial charge in [0.05, 0.1) is 10.6 Å². The van der Waals surface area contributed by atoms with Gasteiger partial charge in [-0.15, -0.1) is 11.3 Å². The fourth-order valence-electron chi connectivity index (χ4n) is 2.19. The number of thiophene rings is 1. The quantitative estimate of drug-likeness (QED) is 0.551. The lowest BCUT2D eigenvalue weighted by atomic mass is 10.2. The Morgan fingerprint density at radius 1 is 0.950 bits per heavy atom. The molecule has 3 heterocycles. The van der Waals surface area contributed by atoms with Crippen LogP contribution in [0.4, 0.5) is 0 Å². The summed E-state index contributed by atoms with van der Waals surface area (Å²) in [5, 5.41) is 1.26. The summed E-state index contributed by atoms with van der Waals surface area (Å²) in [5.74, 6) is 0.699. The number of aromatic nitrogens is 3. The molecular formula is C16H11N3S. The van der Waals surface area contributed by atoms with E-state index in [1.54, 1.807) is 11.3 Å². The Kier molecular flexibility index (Phi) is 2.60. The normalized spacial score (nSPS) is 11.0. The van der Waals surface area contributed by atoms with Crippen LogP contribution in [0.1, 0.15) is 0 Å². The third kappa shape index (κ3) is 1.90. The lowest BCUT2D eigenvalue weighted by Gasteiger charge is -2.02. The second kappa shape index (κ2) is 4.58. The molecule has 3 aromatic heterocycles. The highest BCUT2D eigenvalue weighted by molar-refractivity contribution is 7.22. The van der Waals surface area contributed by atoms with Crippen molar-refractivity contribution in [2.45, 2.75) is 0 Å². The Labute approximate surface area is 120 Å². The van der Waals surface area contributed by atoms with Crippen LogP contribution in [0, 0.1) is 0 Å². The largest absolute Gasteiger partial charge is 0.293 e. The molecule has 0 unspecified atom stereocenters. The van der Waals surface area contributed by atoms with E-state index < -0.39 is 0 Å². The van der Waals surface area contributed by atoms with Crippen LogP contribution in [0.25, 0.3) is 26.6 Å². The van der Waals surface area contributed by atoms with E-state index in [1.807, 2.05) is 41.4 Å². The van der Waals surface area contributed by atoms with Crippen molar-refractivity contribution in [3.63, 3.8) is 0 Å². The Bertz CT molecular complexity index is 829. The van der Waals surface area contributed by atoms with Crippen molar-refractivity contribution >= 4 is 21.4 Å². The smallest absolute Gasteiger partial charge is 0.234 e. The number of fused-ring (bicyclic) bond motifs is 1. The van der Waals surface area contributed by atoms with Crippen molar-refractivity contribution in [3.8, 4) is 16.5 Å². The summed E-state index contributed by atoms with van der Waals surface area (Å²) < 4.78 is 3.19. The highest BCUT2D eigenvalue weighted by atomic mass is 32.1. The van der Waals surface area contributed by atoms with E-state index in [4.69, 9.17) is 0 Å². The minimum atomic E-state index is 0.699. The SMILES string of the molecule is c1ccc2sc(-c3ccnc(-n4cccc4)n3)cc2c1. The van der Waals surface area contributed by atoms with E-state index in [-0.39, 0.29) is 0 Å². The van der Waals surface area contributed by atoms with E-state index in [2.05, 4.69) is 40.3 Å². The second-order valence-corrected chi connectivity index (χ2v) is 5.56. The predicted molar refractivity (Wildman–Crippen MR) is 82.2 cm³/mol. The monoisotopic (exact) mass is 277 g/mol. The van der Waals surface area contributed by atoms with Gasteiger partial charge in [0.2, 0.25) is 5.95 Å². The molecule has 0 aliphatic rings. The molecule has 0 aliphatic heterocycles. The van der Waals surface area contributed by atoms with Crippen LogP contribution in [-0.4, -0.2) is 14.5 Å². The molecule has 96 valence electrons. The molecule has 3 nitrogen and oxygen atoms in total. The van der Waals surface area contributed by atoms with Crippen LogP contribution < -0.4 is 0 Å². The van der Waals surface area contributed by atoms with Gasteiger partial charge >= 0.3 is 0 Å². The zero-order valence-corrected chi connectivity index (χ0v) is 11.4. The van der Waals surface area contributed by atoms with Crippen molar-refractivity contribution in [3.05, 3.63) is 67.1 Å². The zero-order chi connectivity index (χ0) is 13.4. The maximum Gasteiger partial charge on any atom is 0.234 e. The predicted octanol–water partition coefficient (Wildman–Crippen LogP) is 4.15. The molecule has 20 heavy (non-hydrogen) atoms. The van der Waals surface area contributed by atoms with Gasteiger partial charge in [-0.1, -0.05) is 18.2 Å². The number of hydrogen-bond donors (Lipinski definition) is 0. The van der Waals surface area contributed by atoms with Crippen LogP contribution in [0.15, 0.2) is 67.1 Å². The van der Waals surface area contributed by atoms with Crippen LogP contribution in [0.3, 0.4) is 0 Å². The maximum atomic E-state index is 4.64. The third-order valence-electron chi connectivity index (χ3n) is 3.16. The topological polar surface area (TPSA) is 30.7 Å². The fraction of sp³-hybridized carbons (Fsp3) is 0. The molecule has 0 radical (unpaired) electrons. The standard InChI is InChI=1S/C16H11N3S/c1-2-6-14-12(5-1)11-15(20-14)13-7-8-17-16(18-13)19-9-3-4-10-19/h1-11H. The van der Waals surface area contributed by atoms with Gasteiger partial charge in [0.1, 0.15) is 0 Å². The molecule has 0 saturated carbocycles. The molecule has 0 amide bonds. The number of hydrogen-bond acceptors (Lipinski definition) is 3. The van der Waals surface area contributed by atoms with Gasteiger partial charge in [-0.05, 0) is 35.7 Å². The van der Waals surface area contributed by atoms with Gasteiger partial charge in [-0.2, -0.15) is 0 Å². The van der Waals surface area contributed by atoms with Crippen molar-refractivity contribution in [1.82, 2.24) is 14.5 Å². The first kappa shape index (κ1) is 11.4. The van der Waals surface area contributed by atoms with Gasteiger partial charge in [-0.3, -0.25) is 4.57 Å². The Morgan fingerprint density at radius 3 is 2.65 bits per heavy atom. The summed E-state index contributed by atoms with van der Waals surface area (Å²) in [7, 11) is 0. The maximum absolute atomic E-state index is 4.64. The van der Waals surface area contributed by atoms with Crippen LogP contribution >= 0.6 is 11.3 Å². The molecule has 0 bridgehead atoms. The zero-order valence-electron chi connectivity index (χ0n) is 10.6. The van der Waals surface area contributed by atoms with E-state index in [0.29, 0.717) is 5.95 Å². The third-order valence-corrected chi connectivity index (χ3v) is 4.29. The lowest BCUT2D eigenvalue weighted by molar-refractivity contribution is 0.939. The highest BCUT2D eigenvalue weighted by Gasteiger charge is 2.07. The minimum absolute atomic E-state index is 0.699. The van der Waals surface area contributed by atoms with Crippen LogP contribution in [0.5, 0.6) is 0 Å². The molecule has 0 spiro atoms. The first-order valence-corrected chi connectivity index (χ1v) is 7.17. The van der Waals surface area contributed by atoms with E-state index >= 15 is 0 Å². The molecule has 0 fully saturated rings. The summed E-state index contributed by atoms with van der Waals surface area (Å²) in [6.45, 7) is 0. The van der Waals surface area contributed by atoms with Gasteiger partial charge in [-0.25, -0.2) is 9.97 Å². The van der Waals surface area contributed by atoms with E-state index in [9.17, 15) is 0 Å². The van der Waals surface area contributed by atoms with Crippen LogP contribution in [0.2, 0.25) is 0 Å². The highest BCUT2D eigenvalue weighted by Crippen LogP contribution is 2.32. The first-order valence-electron chi connectivity index (χ1n) is 6.35. The van der Waals surface area contributed by atoms with Crippen molar-refractivity contribution in [1.29, 1.82) is 0 Å². The molecule has 0 N–H and O–H groups in total.